The molecule has 0 radical (unpaired) electrons. The van der Waals surface area contributed by atoms with Crippen molar-refractivity contribution in [3.63, 3.8) is 0 Å². The van der Waals surface area contributed by atoms with Crippen molar-refractivity contribution in [1.29, 1.82) is 0 Å². The minimum Gasteiger partial charge on any atom is -0.0654 e. The molecule has 2 aromatic rings. The number of hydrogen-bond donors (Lipinski definition) is 0. The van der Waals surface area contributed by atoms with Crippen molar-refractivity contribution in [3.05, 3.63) is 60.2 Å². The van der Waals surface area contributed by atoms with Gasteiger partial charge in [-0.1, -0.05) is 87.2 Å². The summed E-state index contributed by atoms with van der Waals surface area (Å²) in [5.41, 5.74) is 4.83. The molecular weight excluding hydrogens is 252 g/mol. The highest BCUT2D eigenvalue weighted by Crippen LogP contribution is 2.46. The van der Waals surface area contributed by atoms with Crippen LogP contribution in [-0.4, -0.2) is 0 Å². The van der Waals surface area contributed by atoms with Gasteiger partial charge in [-0.15, -0.1) is 0 Å². The van der Waals surface area contributed by atoms with E-state index in [1.807, 2.05) is 0 Å². The van der Waals surface area contributed by atoms with Crippen molar-refractivity contribution in [2.45, 2.75) is 57.3 Å². The highest BCUT2D eigenvalue weighted by atomic mass is 14.4. The Morgan fingerprint density at radius 3 is 2.19 bits per heavy atom. The monoisotopic (exact) mass is 278 g/mol. The molecule has 0 nitrogen and oxygen atoms in total. The van der Waals surface area contributed by atoms with E-state index >= 15 is 0 Å². The van der Waals surface area contributed by atoms with E-state index in [1.54, 1.807) is 5.56 Å². The van der Waals surface area contributed by atoms with Crippen molar-refractivity contribution in [3.8, 4) is 11.1 Å². The van der Waals surface area contributed by atoms with E-state index in [2.05, 4.69) is 61.5 Å². The maximum absolute atomic E-state index is 2.39. The number of hydrogen-bond acceptors (Lipinski definition) is 0. The molecule has 1 saturated carbocycles. The summed E-state index contributed by atoms with van der Waals surface area (Å²) in [6.07, 6.45) is 9.54. The standard InChI is InChI=1S/C21H26/c1-2-15-21(16-9-4-10-17-21)20-14-8-7-13-19(20)18-11-5-3-6-12-18/h3,5-8,11-14H,2,4,9-10,15-17H2,1H3. The number of benzene rings is 2. The highest BCUT2D eigenvalue weighted by Gasteiger charge is 2.34. The zero-order valence-corrected chi connectivity index (χ0v) is 13.1. The van der Waals surface area contributed by atoms with Crippen LogP contribution in [0.1, 0.15) is 57.4 Å². The van der Waals surface area contributed by atoms with Crippen LogP contribution in [-0.2, 0) is 5.41 Å². The second-order valence-corrected chi connectivity index (χ2v) is 6.50. The summed E-state index contributed by atoms with van der Waals surface area (Å²) >= 11 is 0. The zero-order chi connectivity index (χ0) is 14.5. The van der Waals surface area contributed by atoms with Crippen molar-refractivity contribution < 1.29 is 0 Å². The molecule has 0 atom stereocenters. The van der Waals surface area contributed by atoms with Crippen molar-refractivity contribution in [2.24, 2.45) is 0 Å². The molecule has 3 rings (SSSR count). The Balaban J connectivity index is 2.08. The first-order valence-corrected chi connectivity index (χ1v) is 8.51. The molecule has 0 aliphatic heterocycles. The predicted molar refractivity (Wildman–Crippen MR) is 91.5 cm³/mol. The molecule has 110 valence electrons. The minimum absolute atomic E-state index is 0.416. The fourth-order valence-corrected chi connectivity index (χ4v) is 4.18. The molecular formula is C21H26. The normalized spacial score (nSPS) is 17.6. The van der Waals surface area contributed by atoms with Crippen LogP contribution in [0, 0.1) is 0 Å². The van der Waals surface area contributed by atoms with E-state index in [0.29, 0.717) is 5.41 Å². The Morgan fingerprint density at radius 1 is 0.810 bits per heavy atom. The Morgan fingerprint density at radius 2 is 1.48 bits per heavy atom. The van der Waals surface area contributed by atoms with Gasteiger partial charge in [0.05, 0.1) is 0 Å². The van der Waals surface area contributed by atoms with Crippen molar-refractivity contribution >= 4 is 0 Å². The molecule has 1 aliphatic carbocycles. The summed E-state index contributed by atoms with van der Waals surface area (Å²) in [4.78, 5) is 0. The molecule has 2 aromatic carbocycles. The molecule has 21 heavy (non-hydrogen) atoms. The van der Waals surface area contributed by atoms with E-state index in [9.17, 15) is 0 Å². The van der Waals surface area contributed by atoms with E-state index in [-0.39, 0.29) is 0 Å². The summed E-state index contributed by atoms with van der Waals surface area (Å²) in [7, 11) is 0. The van der Waals surface area contributed by atoms with Crippen LogP contribution in [0.3, 0.4) is 0 Å². The van der Waals surface area contributed by atoms with Gasteiger partial charge in [0, 0.05) is 0 Å². The molecule has 0 aromatic heterocycles. The van der Waals surface area contributed by atoms with Crippen LogP contribution in [0.25, 0.3) is 11.1 Å². The fraction of sp³-hybridized carbons (Fsp3) is 0.429. The van der Waals surface area contributed by atoms with Crippen molar-refractivity contribution in [1.82, 2.24) is 0 Å². The van der Waals surface area contributed by atoms with Gasteiger partial charge in [0.15, 0.2) is 0 Å². The van der Waals surface area contributed by atoms with Gasteiger partial charge in [0.1, 0.15) is 0 Å². The first kappa shape index (κ1) is 14.4. The fourth-order valence-electron chi connectivity index (χ4n) is 4.18. The average molecular weight is 278 g/mol. The van der Waals surface area contributed by atoms with E-state index < -0.39 is 0 Å². The second kappa shape index (κ2) is 6.47. The Bertz CT molecular complexity index is 556. The third-order valence-electron chi connectivity index (χ3n) is 5.12. The van der Waals surface area contributed by atoms with E-state index in [4.69, 9.17) is 0 Å². The third-order valence-corrected chi connectivity index (χ3v) is 5.12. The SMILES string of the molecule is CCCC1(c2ccccc2-c2ccccc2)CCCCC1. The van der Waals surface area contributed by atoms with Gasteiger partial charge in [-0.05, 0) is 41.4 Å². The Kier molecular flexibility index (Phi) is 4.43. The summed E-state index contributed by atoms with van der Waals surface area (Å²) in [6.45, 7) is 2.33. The molecule has 0 saturated heterocycles. The molecule has 0 heteroatoms. The van der Waals surface area contributed by atoms with Gasteiger partial charge in [-0.3, -0.25) is 0 Å². The predicted octanol–water partition coefficient (Wildman–Crippen LogP) is 6.36. The quantitative estimate of drug-likeness (QED) is 0.610. The molecule has 0 heterocycles. The largest absolute Gasteiger partial charge is 0.0654 e. The van der Waals surface area contributed by atoms with Gasteiger partial charge >= 0.3 is 0 Å². The van der Waals surface area contributed by atoms with Crippen LogP contribution in [0.4, 0.5) is 0 Å². The number of rotatable bonds is 4. The van der Waals surface area contributed by atoms with Gasteiger partial charge in [0.25, 0.3) is 0 Å². The molecule has 0 amide bonds. The van der Waals surface area contributed by atoms with Crippen LogP contribution >= 0.6 is 0 Å². The Labute approximate surface area is 129 Å². The lowest BCUT2D eigenvalue weighted by Crippen LogP contribution is -2.29. The maximum atomic E-state index is 2.39. The van der Waals surface area contributed by atoms with Crippen LogP contribution in [0.15, 0.2) is 54.6 Å². The minimum atomic E-state index is 0.416. The van der Waals surface area contributed by atoms with E-state index in [1.165, 1.54) is 56.1 Å². The summed E-state index contributed by atoms with van der Waals surface area (Å²) in [5.74, 6) is 0. The van der Waals surface area contributed by atoms with Gasteiger partial charge < -0.3 is 0 Å². The molecule has 0 bridgehead atoms. The lowest BCUT2D eigenvalue weighted by molar-refractivity contribution is 0.272. The van der Waals surface area contributed by atoms with Crippen molar-refractivity contribution in [2.75, 3.05) is 0 Å². The molecule has 1 fully saturated rings. The summed E-state index contributed by atoms with van der Waals surface area (Å²) in [6, 6.07) is 20.0. The van der Waals surface area contributed by atoms with Gasteiger partial charge in [-0.2, -0.15) is 0 Å². The van der Waals surface area contributed by atoms with Crippen LogP contribution in [0.2, 0.25) is 0 Å². The van der Waals surface area contributed by atoms with E-state index in [0.717, 1.165) is 0 Å². The van der Waals surface area contributed by atoms with Gasteiger partial charge in [0.2, 0.25) is 0 Å². The summed E-state index contributed by atoms with van der Waals surface area (Å²) in [5, 5.41) is 0. The lowest BCUT2D eigenvalue weighted by atomic mass is 9.65. The molecule has 0 N–H and O–H groups in total. The second-order valence-electron chi connectivity index (χ2n) is 6.50. The molecule has 0 spiro atoms. The molecule has 1 aliphatic rings. The zero-order valence-electron chi connectivity index (χ0n) is 13.1. The average Bonchev–Trinajstić information content (AvgIpc) is 2.57. The lowest BCUT2D eigenvalue weighted by Gasteiger charge is -2.39. The van der Waals surface area contributed by atoms with Crippen LogP contribution in [0.5, 0.6) is 0 Å². The molecule has 0 unspecified atom stereocenters. The Hall–Kier alpha value is -1.56. The first-order valence-electron chi connectivity index (χ1n) is 8.51. The first-order chi connectivity index (χ1) is 10.4. The third kappa shape index (κ3) is 2.90. The van der Waals surface area contributed by atoms with Gasteiger partial charge in [-0.25, -0.2) is 0 Å². The smallest absolute Gasteiger partial charge is 0.00409 e. The summed E-state index contributed by atoms with van der Waals surface area (Å²) < 4.78 is 0. The maximum Gasteiger partial charge on any atom is -0.00409 e. The highest BCUT2D eigenvalue weighted by molar-refractivity contribution is 5.68. The van der Waals surface area contributed by atoms with Crippen LogP contribution < -0.4 is 0 Å². The topological polar surface area (TPSA) is 0 Å².